The molecule has 3 rings (SSSR count). The van der Waals surface area contributed by atoms with Gasteiger partial charge in [0, 0.05) is 11.9 Å². The van der Waals surface area contributed by atoms with Gasteiger partial charge in [-0.1, -0.05) is 11.6 Å². The van der Waals surface area contributed by atoms with Gasteiger partial charge in [0.15, 0.2) is 16.8 Å². The lowest BCUT2D eigenvalue weighted by molar-refractivity contribution is 0.340. The van der Waals surface area contributed by atoms with Gasteiger partial charge in [-0.25, -0.2) is 15.0 Å². The smallest absolute Gasteiger partial charge is 0.159 e. The number of nitrogen functional groups attached to an aromatic ring is 1. The number of hydrogen-bond acceptors (Lipinski definition) is 7. The van der Waals surface area contributed by atoms with Crippen LogP contribution in [0.4, 0.5) is 28.7 Å². The van der Waals surface area contributed by atoms with Crippen molar-refractivity contribution in [2.24, 2.45) is 0 Å². The maximum Gasteiger partial charge on any atom is 0.159 e. The van der Waals surface area contributed by atoms with Gasteiger partial charge in [-0.15, -0.1) is 0 Å². The number of nitrogens with one attached hydrogen (secondary N) is 2. The van der Waals surface area contributed by atoms with E-state index in [9.17, 15) is 0 Å². The van der Waals surface area contributed by atoms with Gasteiger partial charge in [0.1, 0.15) is 17.8 Å². The molecule has 2 heterocycles. The van der Waals surface area contributed by atoms with Crippen LogP contribution in [0.3, 0.4) is 0 Å². The normalized spacial score (nSPS) is 10.3. The third-order valence-electron chi connectivity index (χ3n) is 3.32. The number of benzene rings is 1. The molecule has 0 radical (unpaired) electrons. The molecule has 0 saturated carbocycles. The van der Waals surface area contributed by atoms with Crippen molar-refractivity contribution in [2.45, 2.75) is 6.92 Å². The Kier molecular flexibility index (Phi) is 5.15. The average Bonchev–Trinajstić information content (AvgIpc) is 2.62. The zero-order valence-electron chi connectivity index (χ0n) is 13.5. The first-order valence-electron chi connectivity index (χ1n) is 7.65. The van der Waals surface area contributed by atoms with Gasteiger partial charge < -0.3 is 21.1 Å². The number of anilines is 5. The molecule has 8 heteroatoms. The highest BCUT2D eigenvalue weighted by atomic mass is 35.5. The summed E-state index contributed by atoms with van der Waals surface area (Å²) in [6, 6.07) is 11.1. The molecule has 0 bridgehead atoms. The first-order valence-corrected chi connectivity index (χ1v) is 8.03. The summed E-state index contributed by atoms with van der Waals surface area (Å²) in [6.45, 7) is 2.56. The Bertz CT molecular complexity index is 856. The van der Waals surface area contributed by atoms with Crippen molar-refractivity contribution in [1.82, 2.24) is 15.0 Å². The van der Waals surface area contributed by atoms with Crippen molar-refractivity contribution in [3.8, 4) is 5.75 Å². The molecular weight excluding hydrogens is 340 g/mol. The molecule has 4 N–H and O–H groups in total. The summed E-state index contributed by atoms with van der Waals surface area (Å²) in [5, 5.41) is 6.56. The molecule has 7 nitrogen and oxygen atoms in total. The van der Waals surface area contributed by atoms with Crippen LogP contribution in [-0.2, 0) is 0 Å². The van der Waals surface area contributed by atoms with E-state index in [-0.39, 0.29) is 0 Å². The quantitative estimate of drug-likeness (QED) is 0.574. The number of nitrogens with zero attached hydrogens (tertiary/aromatic N) is 3. The Labute approximate surface area is 150 Å². The lowest BCUT2D eigenvalue weighted by Gasteiger charge is -2.13. The summed E-state index contributed by atoms with van der Waals surface area (Å²) in [5.74, 6) is 1.73. The third-order valence-corrected chi connectivity index (χ3v) is 3.63. The Morgan fingerprint density at radius 1 is 1.04 bits per heavy atom. The van der Waals surface area contributed by atoms with E-state index < -0.39 is 0 Å². The fraction of sp³-hybridized carbons (Fsp3) is 0.118. The summed E-state index contributed by atoms with van der Waals surface area (Å²) in [6.07, 6.45) is 3.02. The highest BCUT2D eigenvalue weighted by molar-refractivity contribution is 6.32. The zero-order chi connectivity index (χ0) is 17.6. The third kappa shape index (κ3) is 4.07. The number of hydrogen-bond donors (Lipinski definition) is 3. The second-order valence-corrected chi connectivity index (χ2v) is 5.39. The van der Waals surface area contributed by atoms with Crippen molar-refractivity contribution in [1.29, 1.82) is 0 Å². The van der Waals surface area contributed by atoms with Crippen LogP contribution in [0.25, 0.3) is 0 Å². The molecule has 2 aromatic heterocycles. The van der Waals surface area contributed by atoms with Crippen LogP contribution in [-0.4, -0.2) is 21.6 Å². The van der Waals surface area contributed by atoms with E-state index >= 15 is 0 Å². The van der Waals surface area contributed by atoms with Crippen LogP contribution >= 0.6 is 11.6 Å². The van der Waals surface area contributed by atoms with E-state index in [1.54, 1.807) is 18.3 Å². The minimum absolute atomic E-state index is 0.335. The van der Waals surface area contributed by atoms with E-state index in [0.29, 0.717) is 34.8 Å². The molecule has 0 aliphatic rings. The lowest BCUT2D eigenvalue weighted by Crippen LogP contribution is -2.05. The first kappa shape index (κ1) is 16.8. The fourth-order valence-electron chi connectivity index (χ4n) is 2.14. The lowest BCUT2D eigenvalue weighted by atomic mass is 10.3. The fourth-order valence-corrected chi connectivity index (χ4v) is 2.31. The van der Waals surface area contributed by atoms with Gasteiger partial charge in [-0.3, -0.25) is 0 Å². The molecule has 3 aromatic rings. The topological polar surface area (TPSA) is 98.0 Å². The monoisotopic (exact) mass is 356 g/mol. The number of halogens is 1. The van der Waals surface area contributed by atoms with Gasteiger partial charge in [0.25, 0.3) is 0 Å². The Hall–Kier alpha value is -3.06. The number of rotatable bonds is 6. The maximum atomic E-state index is 6.17. The Morgan fingerprint density at radius 2 is 1.76 bits per heavy atom. The highest BCUT2D eigenvalue weighted by Crippen LogP contribution is 2.30. The van der Waals surface area contributed by atoms with Crippen LogP contribution in [0.5, 0.6) is 5.75 Å². The van der Waals surface area contributed by atoms with Crippen molar-refractivity contribution < 1.29 is 4.74 Å². The van der Waals surface area contributed by atoms with Crippen LogP contribution in [0.1, 0.15) is 6.92 Å². The van der Waals surface area contributed by atoms with Gasteiger partial charge >= 0.3 is 0 Å². The van der Waals surface area contributed by atoms with Crippen LogP contribution in [0.2, 0.25) is 5.15 Å². The van der Waals surface area contributed by atoms with Crippen molar-refractivity contribution >= 4 is 40.3 Å². The molecule has 25 heavy (non-hydrogen) atoms. The SMILES string of the molecule is CCOc1ccc(Nc2ncnc(Nc3cccnc3Cl)c2N)cc1. The van der Waals surface area contributed by atoms with Gasteiger partial charge in [0.2, 0.25) is 0 Å². The van der Waals surface area contributed by atoms with Crippen LogP contribution in [0.15, 0.2) is 48.9 Å². The van der Waals surface area contributed by atoms with E-state index in [1.807, 2.05) is 31.2 Å². The molecule has 0 aliphatic heterocycles. The minimum Gasteiger partial charge on any atom is -0.494 e. The van der Waals surface area contributed by atoms with Gasteiger partial charge in [-0.05, 0) is 43.3 Å². The number of pyridine rings is 1. The average molecular weight is 357 g/mol. The largest absolute Gasteiger partial charge is 0.494 e. The van der Waals surface area contributed by atoms with Gasteiger partial charge in [-0.2, -0.15) is 0 Å². The second-order valence-electron chi connectivity index (χ2n) is 5.03. The van der Waals surface area contributed by atoms with Crippen molar-refractivity contribution in [3.05, 3.63) is 54.1 Å². The van der Waals surface area contributed by atoms with Crippen molar-refractivity contribution in [3.63, 3.8) is 0 Å². The van der Waals surface area contributed by atoms with Crippen LogP contribution < -0.4 is 21.1 Å². The molecule has 0 spiro atoms. The molecule has 1 aromatic carbocycles. The Balaban J connectivity index is 1.80. The van der Waals surface area contributed by atoms with E-state index in [4.69, 9.17) is 22.1 Å². The van der Waals surface area contributed by atoms with Gasteiger partial charge in [0.05, 0.1) is 12.3 Å². The first-order chi connectivity index (χ1) is 12.2. The second kappa shape index (κ2) is 7.67. The zero-order valence-corrected chi connectivity index (χ0v) is 14.3. The minimum atomic E-state index is 0.335. The maximum absolute atomic E-state index is 6.17. The molecular formula is C17H17ClN6O. The summed E-state index contributed by atoms with van der Waals surface area (Å²) in [7, 11) is 0. The molecule has 0 aliphatic carbocycles. The summed E-state index contributed by atoms with van der Waals surface area (Å²) < 4.78 is 5.42. The molecule has 0 unspecified atom stereocenters. The van der Waals surface area contributed by atoms with Crippen LogP contribution in [0, 0.1) is 0 Å². The summed E-state index contributed by atoms with van der Waals surface area (Å²) in [5.41, 5.74) is 7.99. The number of nitrogens with two attached hydrogens (primary N) is 1. The molecule has 0 fully saturated rings. The van der Waals surface area contributed by atoms with Crippen molar-refractivity contribution in [2.75, 3.05) is 23.0 Å². The van der Waals surface area contributed by atoms with E-state index in [2.05, 4.69) is 25.6 Å². The number of ether oxygens (including phenoxy) is 1. The predicted molar refractivity (Wildman–Crippen MR) is 99.9 cm³/mol. The standard InChI is InChI=1S/C17H17ClN6O/c1-2-25-12-7-5-11(6-8-12)23-16-14(19)17(22-10-21-16)24-13-4-3-9-20-15(13)18/h3-10H,2,19H2,1H3,(H2,21,22,23,24). The predicted octanol–water partition coefficient (Wildman–Crippen LogP) is 3.99. The number of aromatic nitrogens is 3. The van der Waals surface area contributed by atoms with E-state index in [1.165, 1.54) is 6.33 Å². The molecule has 0 saturated heterocycles. The summed E-state index contributed by atoms with van der Waals surface area (Å²) in [4.78, 5) is 12.4. The summed E-state index contributed by atoms with van der Waals surface area (Å²) >= 11 is 6.05. The molecule has 128 valence electrons. The molecule has 0 amide bonds. The Morgan fingerprint density at radius 3 is 2.44 bits per heavy atom. The van der Waals surface area contributed by atoms with E-state index in [0.717, 1.165) is 11.4 Å². The molecule has 0 atom stereocenters. The highest BCUT2D eigenvalue weighted by Gasteiger charge is 2.10.